The normalized spacial score (nSPS) is 12.6. The van der Waals surface area contributed by atoms with Gasteiger partial charge in [0.25, 0.3) is 0 Å². The molecule has 0 bridgehead atoms. The fourth-order valence-electron chi connectivity index (χ4n) is 0.873. The van der Waals surface area contributed by atoms with Gasteiger partial charge in [-0.3, -0.25) is 4.79 Å². The molecule has 1 atom stereocenters. The van der Waals surface area contributed by atoms with Crippen LogP contribution in [0, 0.1) is 0 Å². The minimum atomic E-state index is -0.920. The van der Waals surface area contributed by atoms with E-state index in [1.54, 1.807) is 6.92 Å². The van der Waals surface area contributed by atoms with Crippen LogP contribution in [-0.4, -0.2) is 35.4 Å². The number of unbranched alkanes of at least 4 members (excludes halogenated alkanes) is 1. The molecule has 0 saturated carbocycles. The number of hydrogen-bond acceptors (Lipinski definition) is 3. The number of aliphatic hydroxyl groups excluding tert-OH is 2. The van der Waals surface area contributed by atoms with Gasteiger partial charge in [0.1, 0.15) is 6.10 Å². The van der Waals surface area contributed by atoms with Gasteiger partial charge in [-0.05, 0) is 26.2 Å². The summed E-state index contributed by atoms with van der Waals surface area (Å²) in [6.07, 6.45) is 0.814. The van der Waals surface area contributed by atoms with E-state index in [9.17, 15) is 9.90 Å². The van der Waals surface area contributed by atoms with Gasteiger partial charge in [-0.25, -0.2) is 0 Å². The number of aliphatic hydroxyl groups is 2. The lowest BCUT2D eigenvalue weighted by Crippen LogP contribution is -2.34. The van der Waals surface area contributed by atoms with Crippen molar-refractivity contribution in [2.75, 3.05) is 13.2 Å². The highest BCUT2D eigenvalue weighted by atomic mass is 16.3. The number of hydrogen-bond donors (Lipinski definition) is 3. The van der Waals surface area contributed by atoms with Crippen LogP contribution in [0.3, 0.4) is 0 Å². The first-order valence-electron chi connectivity index (χ1n) is 4.29. The summed E-state index contributed by atoms with van der Waals surface area (Å²) in [7, 11) is 0. The van der Waals surface area contributed by atoms with Crippen LogP contribution in [0.5, 0.6) is 0 Å². The Bertz CT molecular complexity index is 127. The van der Waals surface area contributed by atoms with Gasteiger partial charge in [0, 0.05) is 13.2 Å². The molecule has 0 saturated heterocycles. The predicted octanol–water partition coefficient (Wildman–Crippen LogP) is -0.354. The van der Waals surface area contributed by atoms with E-state index < -0.39 is 6.10 Å². The van der Waals surface area contributed by atoms with Crippen LogP contribution in [0.4, 0.5) is 0 Å². The summed E-state index contributed by atoms with van der Waals surface area (Å²) >= 11 is 0. The highest BCUT2D eigenvalue weighted by Crippen LogP contribution is 1.99. The third-order valence-electron chi connectivity index (χ3n) is 1.54. The van der Waals surface area contributed by atoms with E-state index in [1.165, 1.54) is 0 Å². The second-order valence-corrected chi connectivity index (χ2v) is 2.63. The number of rotatable bonds is 6. The highest BCUT2D eigenvalue weighted by Gasteiger charge is 2.12. The Morgan fingerprint density at radius 2 is 2.17 bits per heavy atom. The van der Waals surface area contributed by atoms with Crippen molar-refractivity contribution >= 4 is 5.91 Å². The molecule has 4 heteroatoms. The van der Waals surface area contributed by atoms with Gasteiger partial charge in [0.05, 0.1) is 0 Å². The topological polar surface area (TPSA) is 69.6 Å². The Morgan fingerprint density at radius 3 is 2.67 bits per heavy atom. The minimum absolute atomic E-state index is 0.113. The van der Waals surface area contributed by atoms with E-state index >= 15 is 0 Å². The molecule has 0 aromatic rings. The lowest BCUT2D eigenvalue weighted by atomic mass is 10.1. The molecule has 0 aromatic heterocycles. The van der Waals surface area contributed by atoms with Gasteiger partial charge in [0.15, 0.2) is 0 Å². The molecule has 0 aliphatic carbocycles. The highest BCUT2D eigenvalue weighted by molar-refractivity contribution is 5.80. The SMILES string of the molecule is CCNC(=O)C(O)CCCCO. The second kappa shape index (κ2) is 7.06. The van der Waals surface area contributed by atoms with Crippen LogP contribution in [0.25, 0.3) is 0 Å². The van der Waals surface area contributed by atoms with Crippen LogP contribution in [0.15, 0.2) is 0 Å². The van der Waals surface area contributed by atoms with Crippen molar-refractivity contribution in [3.63, 3.8) is 0 Å². The third kappa shape index (κ3) is 5.09. The van der Waals surface area contributed by atoms with E-state index in [2.05, 4.69) is 5.32 Å². The number of amides is 1. The van der Waals surface area contributed by atoms with E-state index in [0.717, 1.165) is 0 Å². The molecular formula is C8H17NO3. The van der Waals surface area contributed by atoms with Crippen molar-refractivity contribution in [1.82, 2.24) is 5.32 Å². The third-order valence-corrected chi connectivity index (χ3v) is 1.54. The van der Waals surface area contributed by atoms with Gasteiger partial charge >= 0.3 is 0 Å². The van der Waals surface area contributed by atoms with Crippen molar-refractivity contribution in [2.45, 2.75) is 32.3 Å². The Kier molecular flexibility index (Phi) is 6.70. The largest absolute Gasteiger partial charge is 0.396 e. The maximum Gasteiger partial charge on any atom is 0.248 e. The Hall–Kier alpha value is -0.610. The molecule has 1 unspecified atom stereocenters. The van der Waals surface area contributed by atoms with Gasteiger partial charge in [-0.2, -0.15) is 0 Å². The first-order valence-corrected chi connectivity index (χ1v) is 4.29. The van der Waals surface area contributed by atoms with Crippen molar-refractivity contribution < 1.29 is 15.0 Å². The fraction of sp³-hybridized carbons (Fsp3) is 0.875. The van der Waals surface area contributed by atoms with E-state index in [0.29, 0.717) is 25.8 Å². The second-order valence-electron chi connectivity index (χ2n) is 2.63. The van der Waals surface area contributed by atoms with Crippen LogP contribution in [-0.2, 0) is 4.79 Å². The van der Waals surface area contributed by atoms with E-state index in [-0.39, 0.29) is 12.5 Å². The van der Waals surface area contributed by atoms with E-state index in [4.69, 9.17) is 5.11 Å². The molecule has 0 aliphatic rings. The zero-order valence-corrected chi connectivity index (χ0v) is 7.42. The molecule has 0 fully saturated rings. The van der Waals surface area contributed by atoms with Crippen molar-refractivity contribution in [1.29, 1.82) is 0 Å². The standard InChI is InChI=1S/C8H17NO3/c1-2-9-8(12)7(11)5-3-4-6-10/h7,10-11H,2-6H2,1H3,(H,9,12). The Labute approximate surface area is 72.6 Å². The molecule has 4 nitrogen and oxygen atoms in total. The van der Waals surface area contributed by atoms with E-state index in [1.807, 2.05) is 0 Å². The number of carbonyl (C=O) groups excluding carboxylic acids is 1. The monoisotopic (exact) mass is 175 g/mol. The molecule has 0 aliphatic heterocycles. The van der Waals surface area contributed by atoms with Gasteiger partial charge < -0.3 is 15.5 Å². The molecule has 0 radical (unpaired) electrons. The lowest BCUT2D eigenvalue weighted by molar-refractivity contribution is -0.129. The molecule has 1 amide bonds. The van der Waals surface area contributed by atoms with Gasteiger partial charge in [-0.1, -0.05) is 0 Å². The molecule has 12 heavy (non-hydrogen) atoms. The minimum Gasteiger partial charge on any atom is -0.396 e. The lowest BCUT2D eigenvalue weighted by Gasteiger charge is -2.08. The summed E-state index contributed by atoms with van der Waals surface area (Å²) in [4.78, 5) is 10.9. The average molecular weight is 175 g/mol. The summed E-state index contributed by atoms with van der Waals surface area (Å²) < 4.78 is 0. The molecule has 72 valence electrons. The number of nitrogens with one attached hydrogen (secondary N) is 1. The number of carbonyl (C=O) groups is 1. The van der Waals surface area contributed by atoms with Crippen LogP contribution in [0.1, 0.15) is 26.2 Å². The number of likely N-dealkylation sites (N-methyl/N-ethyl adjacent to an activating group) is 1. The quantitative estimate of drug-likeness (QED) is 0.483. The average Bonchev–Trinajstić information content (AvgIpc) is 2.05. The summed E-state index contributed by atoms with van der Waals surface area (Å²) in [5.74, 6) is -0.324. The van der Waals surface area contributed by atoms with Crippen LogP contribution >= 0.6 is 0 Å². The molecule has 0 aromatic carbocycles. The van der Waals surface area contributed by atoms with Crippen molar-refractivity contribution in [2.24, 2.45) is 0 Å². The summed E-state index contributed by atoms with van der Waals surface area (Å²) in [6.45, 7) is 2.45. The van der Waals surface area contributed by atoms with Gasteiger partial charge in [-0.15, -0.1) is 0 Å². The molecule has 3 N–H and O–H groups in total. The molecular weight excluding hydrogens is 158 g/mol. The first kappa shape index (κ1) is 11.4. The summed E-state index contributed by atoms with van der Waals surface area (Å²) in [5, 5.41) is 20.1. The summed E-state index contributed by atoms with van der Waals surface area (Å²) in [5.41, 5.74) is 0. The molecule has 0 heterocycles. The molecule has 0 rings (SSSR count). The zero-order chi connectivity index (χ0) is 9.40. The van der Waals surface area contributed by atoms with Crippen molar-refractivity contribution in [3.05, 3.63) is 0 Å². The zero-order valence-electron chi connectivity index (χ0n) is 7.42. The summed E-state index contributed by atoms with van der Waals surface area (Å²) in [6, 6.07) is 0. The predicted molar refractivity (Wildman–Crippen MR) is 45.6 cm³/mol. The Balaban J connectivity index is 3.42. The fourth-order valence-corrected chi connectivity index (χ4v) is 0.873. The Morgan fingerprint density at radius 1 is 1.50 bits per heavy atom. The maximum absolute atomic E-state index is 10.9. The smallest absolute Gasteiger partial charge is 0.248 e. The first-order chi connectivity index (χ1) is 5.72. The van der Waals surface area contributed by atoms with Crippen LogP contribution in [0.2, 0.25) is 0 Å². The van der Waals surface area contributed by atoms with Gasteiger partial charge in [0.2, 0.25) is 5.91 Å². The maximum atomic E-state index is 10.9. The van der Waals surface area contributed by atoms with Crippen molar-refractivity contribution in [3.8, 4) is 0 Å². The van der Waals surface area contributed by atoms with Crippen LogP contribution < -0.4 is 5.32 Å². The molecule has 0 spiro atoms.